The van der Waals surface area contributed by atoms with Crippen LogP contribution in [0.15, 0.2) is 24.5 Å². The number of aromatic amines is 2. The van der Waals surface area contributed by atoms with Gasteiger partial charge in [0.15, 0.2) is 22.6 Å². The monoisotopic (exact) mass is 536 g/mol. The molecule has 0 saturated heterocycles. The van der Waals surface area contributed by atoms with E-state index in [9.17, 15) is 0 Å². The number of H-pyrrole nitrogens is 2. The summed E-state index contributed by atoms with van der Waals surface area (Å²) in [6, 6.07) is 4.22. The first-order valence-corrected chi connectivity index (χ1v) is 14.1. The van der Waals surface area contributed by atoms with Crippen molar-refractivity contribution in [2.75, 3.05) is 0 Å². The molecule has 0 aliphatic rings. The van der Waals surface area contributed by atoms with Gasteiger partial charge >= 0.3 is 0 Å². The molecule has 8 aromatic heterocycles. The van der Waals surface area contributed by atoms with Crippen LogP contribution < -0.4 is 0 Å². The predicted octanol–water partition coefficient (Wildman–Crippen LogP) is 7.20. The number of imidazole rings is 2. The number of nitrogens with one attached hydrogen (secondary N) is 2. The van der Waals surface area contributed by atoms with Gasteiger partial charge in [0.25, 0.3) is 0 Å². The van der Waals surface area contributed by atoms with Crippen LogP contribution in [0.25, 0.3) is 63.9 Å². The molecular formula is C28H24N8S2. The van der Waals surface area contributed by atoms with E-state index in [1.807, 2.05) is 45.6 Å². The summed E-state index contributed by atoms with van der Waals surface area (Å²) in [4.78, 5) is 21.8. The molecule has 0 fully saturated rings. The molecule has 8 rings (SSSR count). The molecule has 0 radical (unpaired) electrons. The predicted molar refractivity (Wildman–Crippen MR) is 156 cm³/mol. The second kappa shape index (κ2) is 7.30. The topological polar surface area (TPSA) is 92.0 Å². The smallest absolute Gasteiger partial charge is 0.163 e. The van der Waals surface area contributed by atoms with E-state index in [0.717, 1.165) is 56.1 Å². The lowest BCUT2D eigenvalue weighted by Gasteiger charge is -1.99. The Morgan fingerprint density at radius 3 is 1.47 bits per heavy atom. The van der Waals surface area contributed by atoms with Crippen molar-refractivity contribution in [3.63, 3.8) is 0 Å². The molecule has 0 spiro atoms. The number of rotatable bonds is 2. The molecule has 0 aromatic carbocycles. The summed E-state index contributed by atoms with van der Waals surface area (Å²) in [5, 5.41) is 10.3. The van der Waals surface area contributed by atoms with Crippen LogP contribution in [0.1, 0.15) is 33.6 Å². The minimum absolute atomic E-state index is 0.881. The molecule has 8 heterocycles. The summed E-state index contributed by atoms with van der Waals surface area (Å²) in [6.07, 6.45) is 4.18. The van der Waals surface area contributed by atoms with E-state index in [1.165, 1.54) is 41.4 Å². The van der Waals surface area contributed by atoms with Crippen molar-refractivity contribution in [1.29, 1.82) is 0 Å². The standard InChI is InChI=1S/C28H24N8S2/c1-11-7-13(3)29-24-19(11)26-31-17(9-35(26)33-24)22-15(5)21-16(6)23(38-28(21)37-22)18-10-36-27(32-18)20-12(2)8-14(4)30-25(20)34-36/h7-10H,1-6H3,(H,29,33)(H,30,34). The summed E-state index contributed by atoms with van der Waals surface area (Å²) in [5.41, 5.74) is 12.5. The summed E-state index contributed by atoms with van der Waals surface area (Å²) in [7, 11) is 0. The minimum Gasteiger partial charge on any atom is -0.275 e. The first kappa shape index (κ1) is 22.0. The van der Waals surface area contributed by atoms with Gasteiger partial charge in [0.1, 0.15) is 11.4 Å². The highest BCUT2D eigenvalue weighted by Gasteiger charge is 2.23. The molecule has 10 heteroatoms. The normalized spacial score (nSPS) is 12.5. The zero-order chi connectivity index (χ0) is 26.0. The van der Waals surface area contributed by atoms with Gasteiger partial charge in [-0.2, -0.15) is 0 Å². The van der Waals surface area contributed by atoms with Crippen LogP contribution in [0.2, 0.25) is 0 Å². The Balaban J connectivity index is 1.25. The van der Waals surface area contributed by atoms with E-state index in [-0.39, 0.29) is 0 Å². The summed E-state index contributed by atoms with van der Waals surface area (Å²) in [6.45, 7) is 12.7. The highest BCUT2D eigenvalue weighted by atomic mass is 32.2. The lowest BCUT2D eigenvalue weighted by Crippen LogP contribution is -1.87. The molecule has 0 saturated carbocycles. The van der Waals surface area contributed by atoms with Gasteiger partial charge in [-0.3, -0.25) is 10.2 Å². The largest absolute Gasteiger partial charge is 0.275 e. The average molecular weight is 537 g/mol. The van der Waals surface area contributed by atoms with E-state index >= 15 is 0 Å². The fourth-order valence-corrected chi connectivity index (χ4v) is 8.67. The molecule has 0 atom stereocenters. The fourth-order valence-electron chi connectivity index (χ4n) is 5.90. The molecule has 0 bridgehead atoms. The third-order valence-electron chi connectivity index (χ3n) is 7.49. The van der Waals surface area contributed by atoms with Crippen molar-refractivity contribution >= 4 is 65.4 Å². The van der Waals surface area contributed by atoms with E-state index in [4.69, 9.17) is 9.97 Å². The Morgan fingerprint density at radius 1 is 0.605 bits per heavy atom. The first-order valence-electron chi connectivity index (χ1n) is 12.5. The van der Waals surface area contributed by atoms with Gasteiger partial charge < -0.3 is 0 Å². The number of fused-ring (bicyclic) bond motifs is 7. The maximum Gasteiger partial charge on any atom is 0.163 e. The first-order chi connectivity index (χ1) is 18.3. The Bertz CT molecular complexity index is 2110. The van der Waals surface area contributed by atoms with Crippen LogP contribution in [0.4, 0.5) is 0 Å². The summed E-state index contributed by atoms with van der Waals surface area (Å²) < 4.78 is 5.30. The van der Waals surface area contributed by atoms with Gasteiger partial charge in [0.05, 0.1) is 36.9 Å². The zero-order valence-electron chi connectivity index (χ0n) is 21.8. The second-order valence-corrected chi connectivity index (χ2v) is 12.5. The average Bonchev–Trinajstić information content (AvgIpc) is 3.63. The van der Waals surface area contributed by atoms with Gasteiger partial charge in [0, 0.05) is 16.8 Å². The summed E-state index contributed by atoms with van der Waals surface area (Å²) in [5.74, 6) is 0. The Labute approximate surface area is 225 Å². The number of aromatic nitrogens is 8. The SMILES string of the molecule is Cc1cc(C)c2c(n1)[nH]n1cc(-c3sc4sc(-c5cn6[nH]c7nc(C)cc(C)c7c6n5)c(C)c4c3C)nc21. The number of nitrogens with zero attached hydrogens (tertiary/aromatic N) is 6. The lowest BCUT2D eigenvalue weighted by atomic mass is 10.1. The Hall–Kier alpha value is -4.02. The van der Waals surface area contributed by atoms with Crippen molar-refractivity contribution in [2.45, 2.75) is 41.5 Å². The second-order valence-electron chi connectivity index (χ2n) is 10.2. The Morgan fingerprint density at radius 2 is 1.05 bits per heavy atom. The third kappa shape index (κ3) is 2.84. The van der Waals surface area contributed by atoms with Gasteiger partial charge in [-0.1, -0.05) is 0 Å². The summed E-state index contributed by atoms with van der Waals surface area (Å²) >= 11 is 3.63. The number of hydrogen-bond acceptors (Lipinski definition) is 6. The van der Waals surface area contributed by atoms with Crippen LogP contribution in [-0.4, -0.2) is 39.2 Å². The van der Waals surface area contributed by atoms with Crippen molar-refractivity contribution in [3.05, 3.63) is 58.2 Å². The molecule has 0 aliphatic heterocycles. The molecule has 0 aliphatic carbocycles. The number of hydrogen-bond donors (Lipinski definition) is 2. The van der Waals surface area contributed by atoms with Gasteiger partial charge in [-0.25, -0.2) is 29.0 Å². The molecule has 0 unspecified atom stereocenters. The van der Waals surface area contributed by atoms with Crippen LogP contribution in [0, 0.1) is 41.5 Å². The van der Waals surface area contributed by atoms with Gasteiger partial charge in [0.2, 0.25) is 0 Å². The quantitative estimate of drug-likeness (QED) is 0.244. The number of pyridine rings is 2. The van der Waals surface area contributed by atoms with Crippen molar-refractivity contribution < 1.29 is 0 Å². The highest BCUT2D eigenvalue weighted by Crippen LogP contribution is 2.47. The van der Waals surface area contributed by atoms with Crippen molar-refractivity contribution in [2.24, 2.45) is 0 Å². The molecule has 8 aromatic rings. The van der Waals surface area contributed by atoms with Crippen LogP contribution in [0.5, 0.6) is 0 Å². The molecular weight excluding hydrogens is 512 g/mol. The van der Waals surface area contributed by atoms with Crippen LogP contribution >= 0.6 is 22.7 Å². The van der Waals surface area contributed by atoms with Crippen molar-refractivity contribution in [3.8, 4) is 21.1 Å². The van der Waals surface area contributed by atoms with Crippen molar-refractivity contribution in [1.82, 2.24) is 39.2 Å². The maximum absolute atomic E-state index is 5.05. The molecule has 2 N–H and O–H groups in total. The van der Waals surface area contributed by atoms with Gasteiger partial charge in [-0.05, 0) is 75.9 Å². The van der Waals surface area contributed by atoms with Gasteiger partial charge in [-0.15, -0.1) is 22.7 Å². The molecule has 188 valence electrons. The van der Waals surface area contributed by atoms with Crippen LogP contribution in [-0.2, 0) is 0 Å². The molecule has 8 nitrogen and oxygen atoms in total. The Kier molecular flexibility index (Phi) is 4.23. The number of thiophene rings is 2. The van der Waals surface area contributed by atoms with E-state index in [0.29, 0.717) is 0 Å². The maximum atomic E-state index is 5.05. The van der Waals surface area contributed by atoms with E-state index in [1.54, 1.807) is 0 Å². The lowest BCUT2D eigenvalue weighted by molar-refractivity contribution is 0.980. The molecule has 38 heavy (non-hydrogen) atoms. The van der Waals surface area contributed by atoms with E-state index < -0.39 is 0 Å². The number of aryl methyl sites for hydroxylation is 6. The third-order valence-corrected chi connectivity index (χ3v) is 10.2. The minimum atomic E-state index is 0.881. The van der Waals surface area contributed by atoms with E-state index in [2.05, 4.69) is 72.4 Å². The highest BCUT2D eigenvalue weighted by molar-refractivity contribution is 7.41. The molecule has 0 amide bonds. The fraction of sp³-hybridized carbons (Fsp3) is 0.214. The zero-order valence-corrected chi connectivity index (χ0v) is 23.4. The van der Waals surface area contributed by atoms with Crippen LogP contribution in [0.3, 0.4) is 0 Å².